The number of aryl methyl sites for hydroxylation is 1. The van der Waals surface area contributed by atoms with Gasteiger partial charge in [0, 0.05) is 12.1 Å². The number of anilines is 1. The highest BCUT2D eigenvalue weighted by Crippen LogP contribution is 2.35. The average Bonchev–Trinajstić information content (AvgIpc) is 2.74. The van der Waals surface area contributed by atoms with Crippen molar-refractivity contribution in [2.24, 2.45) is 0 Å². The molecule has 0 bridgehead atoms. The minimum atomic E-state index is -3.87. The van der Waals surface area contributed by atoms with Crippen molar-refractivity contribution in [3.8, 4) is 11.5 Å². The third kappa shape index (κ3) is 4.38. The van der Waals surface area contributed by atoms with Gasteiger partial charge in [-0.3, -0.25) is 4.31 Å². The average molecular weight is 412 g/mol. The van der Waals surface area contributed by atoms with E-state index in [1.165, 1.54) is 17.5 Å². The first-order valence-corrected chi connectivity index (χ1v) is 10.7. The molecule has 0 aromatic heterocycles. The number of methoxy groups -OCH3 is 2. The summed E-state index contributed by atoms with van der Waals surface area (Å²) in [6.07, 6.45) is 0. The van der Waals surface area contributed by atoms with Gasteiger partial charge in [0.25, 0.3) is 10.0 Å². The van der Waals surface area contributed by atoms with Crippen LogP contribution < -0.4 is 13.8 Å². The molecule has 0 radical (unpaired) electrons. The fraction of sp³-hybridized carbons (Fsp3) is 0.217. The van der Waals surface area contributed by atoms with Crippen LogP contribution in [-0.2, 0) is 10.0 Å². The van der Waals surface area contributed by atoms with Crippen molar-refractivity contribution >= 4 is 15.7 Å². The zero-order valence-electron chi connectivity index (χ0n) is 17.0. The Bertz CT molecular complexity index is 1080. The summed E-state index contributed by atoms with van der Waals surface area (Å²) in [7, 11) is -0.798. The second kappa shape index (κ2) is 8.57. The topological polar surface area (TPSA) is 55.8 Å². The third-order valence-electron chi connectivity index (χ3n) is 4.82. The maximum absolute atomic E-state index is 13.7. The van der Waals surface area contributed by atoms with E-state index in [1.54, 1.807) is 49.6 Å². The van der Waals surface area contributed by atoms with E-state index in [4.69, 9.17) is 9.47 Å². The van der Waals surface area contributed by atoms with Gasteiger partial charge in [0.1, 0.15) is 11.5 Å². The Balaban J connectivity index is 2.16. The molecule has 0 saturated heterocycles. The van der Waals surface area contributed by atoms with Crippen molar-refractivity contribution in [1.29, 1.82) is 0 Å². The highest BCUT2D eigenvalue weighted by molar-refractivity contribution is 7.92. The molecule has 29 heavy (non-hydrogen) atoms. The molecule has 0 amide bonds. The highest BCUT2D eigenvalue weighted by Gasteiger charge is 2.31. The Morgan fingerprint density at radius 2 is 1.41 bits per heavy atom. The van der Waals surface area contributed by atoms with E-state index < -0.39 is 16.1 Å². The Hall–Kier alpha value is -2.99. The van der Waals surface area contributed by atoms with Crippen molar-refractivity contribution in [2.75, 3.05) is 18.5 Å². The molecule has 152 valence electrons. The number of nitrogens with zero attached hydrogens (tertiary/aromatic N) is 1. The summed E-state index contributed by atoms with van der Waals surface area (Å²) in [6.45, 7) is 3.88. The van der Waals surface area contributed by atoms with E-state index in [0.29, 0.717) is 17.2 Å². The first-order valence-electron chi connectivity index (χ1n) is 9.26. The van der Waals surface area contributed by atoms with Crippen LogP contribution in [0.25, 0.3) is 0 Å². The molecule has 6 heteroatoms. The first-order chi connectivity index (χ1) is 13.9. The maximum atomic E-state index is 13.7. The van der Waals surface area contributed by atoms with E-state index in [0.717, 1.165) is 11.1 Å². The van der Waals surface area contributed by atoms with Crippen molar-refractivity contribution in [3.63, 3.8) is 0 Å². The summed E-state index contributed by atoms with van der Waals surface area (Å²) in [6, 6.07) is 21.0. The number of hydrogen-bond acceptors (Lipinski definition) is 4. The summed E-state index contributed by atoms with van der Waals surface area (Å²) in [5.41, 5.74) is 2.54. The van der Waals surface area contributed by atoms with E-state index >= 15 is 0 Å². The monoisotopic (exact) mass is 411 g/mol. The van der Waals surface area contributed by atoms with Gasteiger partial charge < -0.3 is 9.47 Å². The van der Waals surface area contributed by atoms with Crippen LogP contribution in [0.5, 0.6) is 11.5 Å². The minimum absolute atomic E-state index is 0.165. The lowest BCUT2D eigenvalue weighted by Gasteiger charge is -2.31. The Morgan fingerprint density at radius 1 is 0.828 bits per heavy atom. The van der Waals surface area contributed by atoms with Gasteiger partial charge in [0.2, 0.25) is 0 Å². The van der Waals surface area contributed by atoms with Crippen molar-refractivity contribution in [2.45, 2.75) is 24.8 Å². The summed E-state index contributed by atoms with van der Waals surface area (Å²) >= 11 is 0. The Morgan fingerprint density at radius 3 is 2.03 bits per heavy atom. The van der Waals surface area contributed by atoms with Gasteiger partial charge in [-0.25, -0.2) is 8.42 Å². The van der Waals surface area contributed by atoms with Gasteiger partial charge in [0.15, 0.2) is 0 Å². The summed E-state index contributed by atoms with van der Waals surface area (Å²) in [4.78, 5) is 0.165. The lowest BCUT2D eigenvalue weighted by molar-refractivity contribution is 0.413. The zero-order valence-corrected chi connectivity index (χ0v) is 17.8. The second-order valence-electron chi connectivity index (χ2n) is 6.77. The standard InChI is InChI=1S/C23H25NO4S/c1-17-11-13-19(14-12-17)18(2)24(20-7-5-8-21(15-20)27-3)29(25,26)23-10-6-9-22(16-23)28-4/h5-16,18H,1-4H3/t18-/m0/s1. The molecule has 0 N–H and O–H groups in total. The molecule has 0 aliphatic heterocycles. The molecule has 0 heterocycles. The molecule has 0 spiro atoms. The molecular weight excluding hydrogens is 386 g/mol. The van der Waals surface area contributed by atoms with Crippen LogP contribution in [0.4, 0.5) is 5.69 Å². The lowest BCUT2D eigenvalue weighted by Crippen LogP contribution is -2.33. The number of hydrogen-bond donors (Lipinski definition) is 0. The SMILES string of the molecule is COc1cccc(N([C@@H](C)c2ccc(C)cc2)S(=O)(=O)c2cccc(OC)c2)c1. The Kier molecular flexibility index (Phi) is 6.13. The Labute approximate surface area is 172 Å². The van der Waals surface area contributed by atoms with Crippen LogP contribution in [0.2, 0.25) is 0 Å². The molecule has 3 rings (SSSR count). The van der Waals surface area contributed by atoms with Crippen molar-refractivity contribution in [1.82, 2.24) is 0 Å². The number of sulfonamides is 1. The van der Waals surface area contributed by atoms with Crippen LogP contribution in [0, 0.1) is 6.92 Å². The van der Waals surface area contributed by atoms with E-state index in [-0.39, 0.29) is 4.90 Å². The molecule has 5 nitrogen and oxygen atoms in total. The predicted octanol–water partition coefficient (Wildman–Crippen LogP) is 4.97. The van der Waals surface area contributed by atoms with Crippen molar-refractivity contribution < 1.29 is 17.9 Å². The zero-order chi connectivity index (χ0) is 21.0. The summed E-state index contributed by atoms with van der Waals surface area (Å²) in [5, 5.41) is 0. The maximum Gasteiger partial charge on any atom is 0.265 e. The van der Waals surface area contributed by atoms with Crippen LogP contribution in [0.1, 0.15) is 24.1 Å². The molecule has 0 aliphatic carbocycles. The number of benzene rings is 3. The molecule has 0 aliphatic rings. The quantitative estimate of drug-likeness (QED) is 0.551. The van der Waals surface area contributed by atoms with Crippen LogP contribution in [0.3, 0.4) is 0 Å². The second-order valence-corrected chi connectivity index (χ2v) is 8.58. The highest BCUT2D eigenvalue weighted by atomic mass is 32.2. The number of ether oxygens (including phenoxy) is 2. The van der Waals surface area contributed by atoms with Crippen LogP contribution in [0.15, 0.2) is 77.7 Å². The molecule has 0 fully saturated rings. The van der Waals surface area contributed by atoms with Gasteiger partial charge in [-0.2, -0.15) is 0 Å². The molecular formula is C23H25NO4S. The van der Waals surface area contributed by atoms with Gasteiger partial charge in [0.05, 0.1) is 30.8 Å². The fourth-order valence-corrected chi connectivity index (χ4v) is 4.85. The normalized spacial score (nSPS) is 12.3. The van der Waals surface area contributed by atoms with E-state index in [2.05, 4.69) is 0 Å². The van der Waals surface area contributed by atoms with Gasteiger partial charge in [-0.05, 0) is 43.7 Å². The molecule has 1 atom stereocenters. The number of rotatable bonds is 7. The van der Waals surface area contributed by atoms with Gasteiger partial charge in [-0.1, -0.05) is 42.0 Å². The van der Waals surface area contributed by atoms with Crippen LogP contribution >= 0.6 is 0 Å². The fourth-order valence-electron chi connectivity index (χ4n) is 3.17. The van der Waals surface area contributed by atoms with Gasteiger partial charge >= 0.3 is 0 Å². The molecule has 0 saturated carbocycles. The molecule has 0 unspecified atom stereocenters. The van der Waals surface area contributed by atoms with Crippen molar-refractivity contribution in [3.05, 3.63) is 83.9 Å². The molecule has 3 aromatic carbocycles. The predicted molar refractivity (Wildman–Crippen MR) is 115 cm³/mol. The molecule has 3 aromatic rings. The largest absolute Gasteiger partial charge is 0.497 e. The smallest absolute Gasteiger partial charge is 0.265 e. The first kappa shape index (κ1) is 20.7. The van der Waals surface area contributed by atoms with Gasteiger partial charge in [-0.15, -0.1) is 0 Å². The third-order valence-corrected chi connectivity index (χ3v) is 6.71. The van der Waals surface area contributed by atoms with E-state index in [9.17, 15) is 8.42 Å². The minimum Gasteiger partial charge on any atom is -0.497 e. The summed E-state index contributed by atoms with van der Waals surface area (Å²) < 4.78 is 39.4. The van der Waals surface area contributed by atoms with E-state index in [1.807, 2.05) is 38.1 Å². The summed E-state index contributed by atoms with van der Waals surface area (Å²) in [5.74, 6) is 1.07. The lowest BCUT2D eigenvalue weighted by atomic mass is 10.1. The van der Waals surface area contributed by atoms with Crippen LogP contribution in [-0.4, -0.2) is 22.6 Å².